The first-order chi connectivity index (χ1) is 9.33. The smallest absolute Gasteiger partial charge is 0.320 e. The van der Waals surface area contributed by atoms with Crippen LogP contribution in [0.15, 0.2) is 0 Å². The maximum atomic E-state index is 12.4. The molecule has 1 atom stereocenters. The van der Waals surface area contributed by atoms with Crippen LogP contribution in [0.5, 0.6) is 0 Å². The summed E-state index contributed by atoms with van der Waals surface area (Å²) in [5.74, 6) is -1.41. The Labute approximate surface area is 122 Å². The SMILES string of the molecule is CCN(CCCN(C)C)C(=O)N(CC)CC(C)C(=O)O. The standard InChI is InChI=1S/C14H29N3O3/c1-6-16(10-8-9-15(4)5)14(20)17(7-2)11-12(3)13(18)19/h12H,6-11H2,1-5H3,(H,18,19). The minimum absolute atomic E-state index is 0.0677. The Kier molecular flexibility index (Phi) is 8.96. The van der Waals surface area contributed by atoms with Gasteiger partial charge in [0.15, 0.2) is 0 Å². The molecule has 0 aliphatic rings. The fraction of sp³-hybridized carbons (Fsp3) is 0.857. The van der Waals surface area contributed by atoms with Crippen LogP contribution in [0.25, 0.3) is 0 Å². The Morgan fingerprint density at radius 3 is 2.00 bits per heavy atom. The van der Waals surface area contributed by atoms with Gasteiger partial charge in [0.2, 0.25) is 0 Å². The molecule has 0 aromatic carbocycles. The van der Waals surface area contributed by atoms with Gasteiger partial charge in [0, 0.05) is 26.2 Å². The highest BCUT2D eigenvalue weighted by molar-refractivity contribution is 5.76. The topological polar surface area (TPSA) is 64.1 Å². The average molecular weight is 287 g/mol. The molecule has 0 aliphatic carbocycles. The quantitative estimate of drug-likeness (QED) is 0.696. The molecule has 2 amide bonds. The summed E-state index contributed by atoms with van der Waals surface area (Å²) < 4.78 is 0. The lowest BCUT2D eigenvalue weighted by Crippen LogP contribution is -2.46. The van der Waals surface area contributed by atoms with E-state index >= 15 is 0 Å². The first-order valence-electron chi connectivity index (χ1n) is 7.24. The summed E-state index contributed by atoms with van der Waals surface area (Å²) in [5, 5.41) is 8.95. The van der Waals surface area contributed by atoms with Crippen LogP contribution in [0.3, 0.4) is 0 Å². The van der Waals surface area contributed by atoms with Crippen LogP contribution < -0.4 is 0 Å². The van der Waals surface area contributed by atoms with E-state index in [2.05, 4.69) is 4.90 Å². The van der Waals surface area contributed by atoms with Crippen molar-refractivity contribution in [1.82, 2.24) is 14.7 Å². The van der Waals surface area contributed by atoms with Gasteiger partial charge in [-0.2, -0.15) is 0 Å². The molecule has 6 heteroatoms. The minimum Gasteiger partial charge on any atom is -0.481 e. The molecular weight excluding hydrogens is 258 g/mol. The Morgan fingerprint density at radius 2 is 1.60 bits per heavy atom. The predicted octanol–water partition coefficient (Wildman–Crippen LogP) is 1.42. The van der Waals surface area contributed by atoms with Gasteiger partial charge >= 0.3 is 12.0 Å². The van der Waals surface area contributed by atoms with Crippen molar-refractivity contribution in [3.8, 4) is 0 Å². The van der Waals surface area contributed by atoms with Crippen LogP contribution in [0, 0.1) is 5.92 Å². The van der Waals surface area contributed by atoms with E-state index in [9.17, 15) is 9.59 Å². The number of hydrogen-bond donors (Lipinski definition) is 1. The summed E-state index contributed by atoms with van der Waals surface area (Å²) >= 11 is 0. The van der Waals surface area contributed by atoms with Gasteiger partial charge in [0.1, 0.15) is 0 Å². The van der Waals surface area contributed by atoms with Gasteiger partial charge in [0.25, 0.3) is 0 Å². The Hall–Kier alpha value is -1.30. The Balaban J connectivity index is 4.49. The summed E-state index contributed by atoms with van der Waals surface area (Å²) in [4.78, 5) is 28.8. The van der Waals surface area contributed by atoms with Crippen molar-refractivity contribution in [2.24, 2.45) is 5.92 Å². The maximum Gasteiger partial charge on any atom is 0.320 e. The van der Waals surface area contributed by atoms with Crippen LogP contribution in [0.4, 0.5) is 4.79 Å². The van der Waals surface area contributed by atoms with Crippen molar-refractivity contribution in [2.45, 2.75) is 27.2 Å². The second-order valence-electron chi connectivity index (χ2n) is 5.30. The summed E-state index contributed by atoms with van der Waals surface area (Å²) in [6.07, 6.45) is 0.915. The maximum absolute atomic E-state index is 12.4. The molecule has 1 unspecified atom stereocenters. The zero-order chi connectivity index (χ0) is 15.7. The van der Waals surface area contributed by atoms with E-state index < -0.39 is 11.9 Å². The normalized spacial score (nSPS) is 12.3. The molecular formula is C14H29N3O3. The lowest BCUT2D eigenvalue weighted by molar-refractivity contribution is -0.141. The van der Waals surface area contributed by atoms with Crippen molar-refractivity contribution in [2.75, 3.05) is 46.8 Å². The van der Waals surface area contributed by atoms with Gasteiger partial charge in [-0.25, -0.2) is 4.79 Å². The van der Waals surface area contributed by atoms with Gasteiger partial charge < -0.3 is 19.8 Å². The monoisotopic (exact) mass is 287 g/mol. The third kappa shape index (κ3) is 6.75. The molecule has 20 heavy (non-hydrogen) atoms. The van der Waals surface area contributed by atoms with Crippen LogP contribution in [0.1, 0.15) is 27.2 Å². The third-order valence-corrected chi connectivity index (χ3v) is 3.25. The highest BCUT2D eigenvalue weighted by atomic mass is 16.4. The van der Waals surface area contributed by atoms with Crippen molar-refractivity contribution in [3.05, 3.63) is 0 Å². The second-order valence-corrected chi connectivity index (χ2v) is 5.30. The van der Waals surface area contributed by atoms with Crippen molar-refractivity contribution in [3.63, 3.8) is 0 Å². The van der Waals surface area contributed by atoms with Crippen LogP contribution in [0.2, 0.25) is 0 Å². The average Bonchev–Trinajstić information content (AvgIpc) is 2.39. The number of urea groups is 1. The minimum atomic E-state index is -0.869. The first kappa shape index (κ1) is 18.7. The molecule has 0 spiro atoms. The number of rotatable bonds is 9. The van der Waals surface area contributed by atoms with Gasteiger partial charge in [-0.3, -0.25) is 4.79 Å². The lowest BCUT2D eigenvalue weighted by Gasteiger charge is -2.30. The van der Waals surface area contributed by atoms with Crippen LogP contribution >= 0.6 is 0 Å². The zero-order valence-electron chi connectivity index (χ0n) is 13.4. The van der Waals surface area contributed by atoms with E-state index in [0.717, 1.165) is 13.0 Å². The van der Waals surface area contributed by atoms with Crippen molar-refractivity contribution >= 4 is 12.0 Å². The summed E-state index contributed by atoms with van der Waals surface area (Å²) in [6, 6.07) is -0.0677. The summed E-state index contributed by atoms with van der Waals surface area (Å²) in [5.41, 5.74) is 0. The Bertz CT molecular complexity index is 308. The molecule has 0 saturated carbocycles. The molecule has 0 bridgehead atoms. The van der Waals surface area contributed by atoms with E-state index in [4.69, 9.17) is 5.11 Å². The molecule has 118 valence electrons. The molecule has 1 N–H and O–H groups in total. The fourth-order valence-electron chi connectivity index (χ4n) is 1.92. The molecule has 0 radical (unpaired) electrons. The zero-order valence-corrected chi connectivity index (χ0v) is 13.4. The van der Waals surface area contributed by atoms with Gasteiger partial charge in [-0.15, -0.1) is 0 Å². The van der Waals surface area contributed by atoms with Crippen molar-refractivity contribution < 1.29 is 14.7 Å². The number of aliphatic carboxylic acids is 1. The molecule has 6 nitrogen and oxygen atoms in total. The molecule has 0 heterocycles. The number of hydrogen-bond acceptors (Lipinski definition) is 3. The highest BCUT2D eigenvalue weighted by Gasteiger charge is 2.22. The van der Waals surface area contributed by atoms with Crippen molar-refractivity contribution in [1.29, 1.82) is 0 Å². The number of carbonyl (C=O) groups is 2. The van der Waals surface area contributed by atoms with E-state index in [1.54, 1.807) is 16.7 Å². The second kappa shape index (κ2) is 9.58. The molecule has 0 saturated heterocycles. The van der Waals surface area contributed by atoms with E-state index in [0.29, 0.717) is 19.6 Å². The molecule has 0 aliphatic heterocycles. The number of carbonyl (C=O) groups excluding carboxylic acids is 1. The van der Waals surface area contributed by atoms with E-state index in [1.807, 2.05) is 27.9 Å². The van der Waals surface area contributed by atoms with E-state index in [1.165, 1.54) is 0 Å². The molecule has 0 aromatic heterocycles. The van der Waals surface area contributed by atoms with Crippen LogP contribution in [-0.4, -0.2) is 78.6 Å². The first-order valence-corrected chi connectivity index (χ1v) is 7.24. The number of carboxylic acid groups (broad SMARTS) is 1. The molecule has 0 fully saturated rings. The molecule has 0 aromatic rings. The van der Waals surface area contributed by atoms with E-state index in [-0.39, 0.29) is 12.6 Å². The number of nitrogens with zero attached hydrogens (tertiary/aromatic N) is 3. The van der Waals surface area contributed by atoms with Gasteiger partial charge in [-0.05, 0) is 40.9 Å². The predicted molar refractivity (Wildman–Crippen MR) is 79.9 cm³/mol. The molecule has 0 rings (SSSR count). The largest absolute Gasteiger partial charge is 0.481 e. The lowest BCUT2D eigenvalue weighted by atomic mass is 10.2. The summed E-state index contributed by atoms with van der Waals surface area (Å²) in [7, 11) is 4.01. The van der Waals surface area contributed by atoms with Gasteiger partial charge in [-0.1, -0.05) is 6.92 Å². The Morgan fingerprint density at radius 1 is 1.05 bits per heavy atom. The highest BCUT2D eigenvalue weighted by Crippen LogP contribution is 2.06. The van der Waals surface area contributed by atoms with Gasteiger partial charge in [0.05, 0.1) is 5.92 Å². The third-order valence-electron chi connectivity index (χ3n) is 3.25. The summed E-state index contributed by atoms with van der Waals surface area (Å²) in [6.45, 7) is 8.51. The number of amides is 2. The van der Waals surface area contributed by atoms with Crippen LogP contribution in [-0.2, 0) is 4.79 Å². The number of carboxylic acids is 1. The fourth-order valence-corrected chi connectivity index (χ4v) is 1.92.